The largest absolute Gasteiger partial charge is 0.487 e. The van der Waals surface area contributed by atoms with E-state index in [0.29, 0.717) is 22.5 Å². The van der Waals surface area contributed by atoms with Gasteiger partial charge in [0.1, 0.15) is 40.5 Å². The summed E-state index contributed by atoms with van der Waals surface area (Å²) < 4.78 is 19.7. The van der Waals surface area contributed by atoms with Gasteiger partial charge in [0.05, 0.1) is 0 Å². The van der Waals surface area contributed by atoms with Crippen molar-refractivity contribution in [1.82, 2.24) is 15.0 Å². The van der Waals surface area contributed by atoms with E-state index >= 15 is 0 Å². The number of aryl methyl sites for hydroxylation is 2. The first kappa shape index (κ1) is 18.9. The van der Waals surface area contributed by atoms with Gasteiger partial charge in [-0.05, 0) is 62.1 Å². The number of hydrogen-bond acceptors (Lipinski definition) is 3. The van der Waals surface area contributed by atoms with Gasteiger partial charge in [-0.3, -0.25) is 4.98 Å². The van der Waals surface area contributed by atoms with Crippen molar-refractivity contribution in [2.45, 2.75) is 52.1 Å². The van der Waals surface area contributed by atoms with Crippen LogP contribution in [0.4, 0.5) is 4.39 Å². The molecule has 4 nitrogen and oxygen atoms in total. The number of aromatic nitrogens is 3. The molecule has 0 spiro atoms. The molecule has 4 rings (SSSR count). The van der Waals surface area contributed by atoms with Gasteiger partial charge in [-0.15, -0.1) is 0 Å². The molecule has 0 saturated heterocycles. The summed E-state index contributed by atoms with van der Waals surface area (Å²) in [7, 11) is 0. The summed E-state index contributed by atoms with van der Waals surface area (Å²) in [6.45, 7) is 3.85. The van der Waals surface area contributed by atoms with Crippen LogP contribution >= 0.6 is 11.6 Å². The summed E-state index contributed by atoms with van der Waals surface area (Å²) in [5.41, 5.74) is 3.73. The summed E-state index contributed by atoms with van der Waals surface area (Å²) in [6, 6.07) is 7.26. The Morgan fingerprint density at radius 3 is 2.71 bits per heavy atom. The molecule has 146 valence electrons. The third-order valence-electron chi connectivity index (χ3n) is 5.29. The molecule has 0 radical (unpaired) electrons. The topological polar surface area (TPSA) is 50.8 Å². The van der Waals surface area contributed by atoms with Gasteiger partial charge in [0.15, 0.2) is 0 Å². The minimum absolute atomic E-state index is 0.0846. The Morgan fingerprint density at radius 1 is 1.21 bits per heavy atom. The molecule has 3 aromatic rings. The Balaban J connectivity index is 1.51. The van der Waals surface area contributed by atoms with Crippen molar-refractivity contribution in [1.29, 1.82) is 0 Å². The third-order valence-corrected chi connectivity index (χ3v) is 5.56. The first-order valence-corrected chi connectivity index (χ1v) is 9.99. The second-order valence-electron chi connectivity index (χ2n) is 7.48. The molecular formula is C22H23ClFN3O. The smallest absolute Gasteiger partial charge is 0.148 e. The molecule has 2 aromatic heterocycles. The molecule has 0 amide bonds. The maximum absolute atomic E-state index is 13.9. The zero-order valence-corrected chi connectivity index (χ0v) is 16.8. The van der Waals surface area contributed by atoms with Crippen LogP contribution in [0.2, 0.25) is 5.15 Å². The summed E-state index contributed by atoms with van der Waals surface area (Å²) in [6.07, 6.45) is 6.47. The zero-order valence-electron chi connectivity index (χ0n) is 16.1. The Hall–Kier alpha value is -2.40. The van der Waals surface area contributed by atoms with Gasteiger partial charge >= 0.3 is 0 Å². The lowest BCUT2D eigenvalue weighted by atomic mass is 10.1. The van der Waals surface area contributed by atoms with Crippen molar-refractivity contribution in [3.63, 3.8) is 0 Å². The highest BCUT2D eigenvalue weighted by Gasteiger charge is 2.22. The molecule has 1 fully saturated rings. The van der Waals surface area contributed by atoms with Crippen LogP contribution in [0.1, 0.15) is 54.2 Å². The maximum atomic E-state index is 13.9. The molecule has 2 heterocycles. The fourth-order valence-corrected chi connectivity index (χ4v) is 3.97. The van der Waals surface area contributed by atoms with Crippen molar-refractivity contribution in [2.24, 2.45) is 0 Å². The van der Waals surface area contributed by atoms with Crippen LogP contribution in [0.5, 0.6) is 5.75 Å². The summed E-state index contributed by atoms with van der Waals surface area (Å²) in [5, 5.41) is 0.570. The van der Waals surface area contributed by atoms with Gasteiger partial charge in [-0.2, -0.15) is 0 Å². The first-order valence-electron chi connectivity index (χ1n) is 9.61. The van der Waals surface area contributed by atoms with E-state index in [9.17, 15) is 4.39 Å². The average molecular weight is 400 g/mol. The van der Waals surface area contributed by atoms with Crippen LogP contribution in [-0.4, -0.2) is 15.0 Å². The number of rotatable bonds is 5. The number of aromatic amines is 1. The van der Waals surface area contributed by atoms with Crippen LogP contribution in [0.25, 0.3) is 11.3 Å². The third kappa shape index (κ3) is 3.90. The molecule has 28 heavy (non-hydrogen) atoms. The normalized spacial score (nSPS) is 14.6. The van der Waals surface area contributed by atoms with Crippen molar-refractivity contribution >= 4 is 11.6 Å². The Morgan fingerprint density at radius 2 is 2.00 bits per heavy atom. The zero-order chi connectivity index (χ0) is 19.7. The predicted octanol–water partition coefficient (Wildman–Crippen LogP) is 6.12. The van der Waals surface area contributed by atoms with Crippen LogP contribution in [-0.2, 0) is 6.61 Å². The lowest BCUT2D eigenvalue weighted by Gasteiger charge is -2.11. The van der Waals surface area contributed by atoms with Gasteiger partial charge in [0, 0.05) is 17.7 Å². The quantitative estimate of drug-likeness (QED) is 0.562. The molecule has 0 aliphatic heterocycles. The Bertz CT molecular complexity index is 995. The van der Waals surface area contributed by atoms with Gasteiger partial charge in [-0.25, -0.2) is 9.37 Å². The van der Waals surface area contributed by atoms with E-state index in [4.69, 9.17) is 21.3 Å². The Labute approximate surface area is 169 Å². The molecule has 1 N–H and O–H groups in total. The highest BCUT2D eigenvalue weighted by Crippen LogP contribution is 2.36. The van der Waals surface area contributed by atoms with Gasteiger partial charge in [0.2, 0.25) is 0 Å². The summed E-state index contributed by atoms with van der Waals surface area (Å²) in [4.78, 5) is 12.1. The molecule has 1 aliphatic carbocycles. The number of benzene rings is 1. The van der Waals surface area contributed by atoms with Crippen molar-refractivity contribution in [3.8, 4) is 17.0 Å². The first-order chi connectivity index (χ1) is 13.5. The van der Waals surface area contributed by atoms with Crippen LogP contribution < -0.4 is 4.74 Å². The standard InChI is InChI=1S/C22H23ClFN3O/c1-13-9-17(24)18(25-11-13)12-28-19-8-7-16(10-14(19)2)20-21(23)27-22(26-20)15-5-3-4-6-15/h7-11,15H,3-6,12H2,1-2H3,(H,26,27). The van der Waals surface area contributed by atoms with Gasteiger partial charge < -0.3 is 9.72 Å². The number of hydrogen-bond donors (Lipinski definition) is 1. The number of nitrogens with one attached hydrogen (secondary N) is 1. The molecule has 1 aromatic carbocycles. The van der Waals surface area contributed by atoms with E-state index in [1.165, 1.54) is 31.7 Å². The number of halogens is 2. The number of H-pyrrole nitrogens is 1. The minimum Gasteiger partial charge on any atom is -0.487 e. The molecule has 0 atom stereocenters. The number of ether oxygens (including phenoxy) is 1. The van der Waals surface area contributed by atoms with E-state index in [1.54, 1.807) is 6.20 Å². The fraction of sp³-hybridized carbons (Fsp3) is 0.364. The molecule has 1 saturated carbocycles. The van der Waals surface area contributed by atoms with E-state index in [-0.39, 0.29) is 12.4 Å². The van der Waals surface area contributed by atoms with E-state index in [0.717, 1.165) is 28.2 Å². The lowest BCUT2D eigenvalue weighted by Crippen LogP contribution is -2.03. The van der Waals surface area contributed by atoms with Crippen molar-refractivity contribution in [3.05, 3.63) is 64.1 Å². The SMILES string of the molecule is Cc1cnc(COc2ccc(-c3nc(C4CCCC4)[nH]c3Cl)cc2C)c(F)c1. The van der Waals surface area contributed by atoms with Crippen molar-refractivity contribution < 1.29 is 9.13 Å². The second kappa shape index (κ2) is 7.92. The van der Waals surface area contributed by atoms with Crippen LogP contribution in [0.15, 0.2) is 30.5 Å². The highest BCUT2D eigenvalue weighted by molar-refractivity contribution is 6.31. The molecule has 0 unspecified atom stereocenters. The average Bonchev–Trinajstić information content (AvgIpc) is 3.31. The number of pyridine rings is 1. The highest BCUT2D eigenvalue weighted by atomic mass is 35.5. The molecular weight excluding hydrogens is 377 g/mol. The lowest BCUT2D eigenvalue weighted by molar-refractivity contribution is 0.292. The molecule has 0 bridgehead atoms. The minimum atomic E-state index is -0.350. The van der Waals surface area contributed by atoms with Crippen molar-refractivity contribution in [2.75, 3.05) is 0 Å². The number of nitrogens with zero attached hydrogens (tertiary/aromatic N) is 2. The fourth-order valence-electron chi connectivity index (χ4n) is 3.73. The van der Waals surface area contributed by atoms with E-state index < -0.39 is 0 Å². The second-order valence-corrected chi connectivity index (χ2v) is 7.85. The van der Waals surface area contributed by atoms with E-state index in [2.05, 4.69) is 9.97 Å². The summed E-state index contributed by atoms with van der Waals surface area (Å²) >= 11 is 6.42. The molecule has 6 heteroatoms. The van der Waals surface area contributed by atoms with E-state index in [1.807, 2.05) is 32.0 Å². The predicted molar refractivity (Wildman–Crippen MR) is 108 cm³/mol. The Kier molecular flexibility index (Phi) is 5.36. The summed E-state index contributed by atoms with van der Waals surface area (Å²) in [5.74, 6) is 1.80. The van der Waals surface area contributed by atoms with Gasteiger partial charge in [-0.1, -0.05) is 24.4 Å². The number of imidazole rings is 1. The monoisotopic (exact) mass is 399 g/mol. The maximum Gasteiger partial charge on any atom is 0.148 e. The van der Waals surface area contributed by atoms with Gasteiger partial charge in [0.25, 0.3) is 0 Å². The van der Waals surface area contributed by atoms with Crippen LogP contribution in [0, 0.1) is 19.7 Å². The van der Waals surface area contributed by atoms with Crippen LogP contribution in [0.3, 0.4) is 0 Å². The molecule has 1 aliphatic rings.